The molecule has 6 heteroatoms. The number of nitrogens with one attached hydrogen (secondary N) is 1. The monoisotopic (exact) mass is 341 g/mol. The summed E-state index contributed by atoms with van der Waals surface area (Å²) in [6.45, 7) is 1.71. The maximum atomic E-state index is 13.0. The lowest BCUT2D eigenvalue weighted by Crippen LogP contribution is -2.31. The molecule has 0 unspecified atom stereocenters. The van der Waals surface area contributed by atoms with Crippen LogP contribution in [0, 0.1) is 5.82 Å². The van der Waals surface area contributed by atoms with Crippen LogP contribution in [0.2, 0.25) is 0 Å². The molecule has 0 saturated carbocycles. The molecule has 5 nitrogen and oxygen atoms in total. The molecule has 1 aliphatic heterocycles. The highest BCUT2D eigenvalue weighted by atomic mass is 19.1. The third-order valence-electron chi connectivity index (χ3n) is 4.32. The lowest BCUT2D eigenvalue weighted by molar-refractivity contribution is 0.0998. The second-order valence-corrected chi connectivity index (χ2v) is 6.10. The van der Waals surface area contributed by atoms with Gasteiger partial charge in [0.1, 0.15) is 5.82 Å². The topological polar surface area (TPSA) is 75.4 Å². The van der Waals surface area contributed by atoms with Gasteiger partial charge in [-0.2, -0.15) is 0 Å². The van der Waals surface area contributed by atoms with E-state index in [-0.39, 0.29) is 5.91 Å². The first-order chi connectivity index (χ1) is 12.0. The number of benzene rings is 2. The first-order valence-corrected chi connectivity index (χ1v) is 8.30. The van der Waals surface area contributed by atoms with Gasteiger partial charge in [-0.15, -0.1) is 0 Å². The fraction of sp³-hybridized carbons (Fsp3) is 0.263. The summed E-state index contributed by atoms with van der Waals surface area (Å²) in [6.07, 6.45) is 3.29. The Hall–Kier alpha value is -2.89. The van der Waals surface area contributed by atoms with E-state index in [2.05, 4.69) is 10.2 Å². The molecule has 2 amide bonds. The molecule has 0 aromatic heterocycles. The number of nitrogens with two attached hydrogens (primary N) is 1. The summed E-state index contributed by atoms with van der Waals surface area (Å²) in [5, 5.41) is 2.78. The van der Waals surface area contributed by atoms with Crippen molar-refractivity contribution in [2.24, 2.45) is 5.73 Å². The van der Waals surface area contributed by atoms with Crippen molar-refractivity contribution in [1.29, 1.82) is 0 Å². The molecule has 0 spiro atoms. The summed E-state index contributed by atoms with van der Waals surface area (Å²) in [5.74, 6) is -1.22. The van der Waals surface area contributed by atoms with Crippen LogP contribution in [-0.2, 0) is 0 Å². The Morgan fingerprint density at radius 1 is 1.00 bits per heavy atom. The molecule has 2 aromatic rings. The van der Waals surface area contributed by atoms with Gasteiger partial charge in [0.15, 0.2) is 0 Å². The van der Waals surface area contributed by atoms with Gasteiger partial charge < -0.3 is 16.0 Å². The maximum Gasteiger partial charge on any atom is 0.255 e. The van der Waals surface area contributed by atoms with E-state index in [0.29, 0.717) is 16.8 Å². The molecule has 0 aliphatic carbocycles. The minimum absolute atomic E-state index is 0.337. The van der Waals surface area contributed by atoms with Crippen molar-refractivity contribution < 1.29 is 14.0 Å². The number of anilines is 2. The predicted octanol–water partition coefficient (Wildman–Crippen LogP) is 3.17. The minimum atomic E-state index is -0.489. The van der Waals surface area contributed by atoms with Gasteiger partial charge in [-0.05, 0) is 61.7 Å². The van der Waals surface area contributed by atoms with E-state index in [1.54, 1.807) is 18.2 Å². The Morgan fingerprint density at radius 3 is 2.32 bits per heavy atom. The van der Waals surface area contributed by atoms with Crippen LogP contribution in [-0.4, -0.2) is 24.9 Å². The molecule has 25 heavy (non-hydrogen) atoms. The average Bonchev–Trinajstić information content (AvgIpc) is 2.62. The second kappa shape index (κ2) is 7.34. The number of amides is 2. The number of primary amides is 1. The Kier molecular flexibility index (Phi) is 4.97. The standard InChI is InChI=1S/C19H20FN3O2/c20-14-6-4-13(5-7-14)19(25)22-15-8-9-16(18(21)24)17(12-15)23-10-2-1-3-11-23/h4-9,12H,1-3,10-11H2,(H2,21,24)(H,22,25). The Balaban J connectivity index is 1.85. The zero-order valence-electron chi connectivity index (χ0n) is 13.8. The van der Waals surface area contributed by atoms with Gasteiger partial charge in [0.2, 0.25) is 0 Å². The normalized spacial score (nSPS) is 14.2. The van der Waals surface area contributed by atoms with E-state index in [0.717, 1.165) is 31.6 Å². The second-order valence-electron chi connectivity index (χ2n) is 6.10. The first-order valence-electron chi connectivity index (χ1n) is 8.30. The summed E-state index contributed by atoms with van der Waals surface area (Å²) in [4.78, 5) is 26.1. The number of carbonyl (C=O) groups is 2. The van der Waals surface area contributed by atoms with Gasteiger partial charge in [0.05, 0.1) is 11.3 Å². The number of carbonyl (C=O) groups excluding carboxylic acids is 2. The van der Waals surface area contributed by atoms with Crippen molar-refractivity contribution in [3.8, 4) is 0 Å². The van der Waals surface area contributed by atoms with Gasteiger partial charge in [0.25, 0.3) is 11.8 Å². The van der Waals surface area contributed by atoms with Crippen LogP contribution in [0.1, 0.15) is 40.0 Å². The van der Waals surface area contributed by atoms with Gasteiger partial charge in [-0.25, -0.2) is 4.39 Å². The Morgan fingerprint density at radius 2 is 1.68 bits per heavy atom. The van der Waals surface area contributed by atoms with E-state index in [4.69, 9.17) is 5.73 Å². The van der Waals surface area contributed by atoms with Gasteiger partial charge >= 0.3 is 0 Å². The highest BCUT2D eigenvalue weighted by molar-refractivity contribution is 6.05. The summed E-state index contributed by atoms with van der Waals surface area (Å²) < 4.78 is 13.0. The number of nitrogens with zero attached hydrogens (tertiary/aromatic N) is 1. The smallest absolute Gasteiger partial charge is 0.255 e. The number of piperidine rings is 1. The molecule has 1 saturated heterocycles. The van der Waals surface area contributed by atoms with E-state index in [1.165, 1.54) is 30.7 Å². The van der Waals surface area contributed by atoms with Crippen LogP contribution in [0.4, 0.5) is 15.8 Å². The van der Waals surface area contributed by atoms with E-state index < -0.39 is 11.7 Å². The average molecular weight is 341 g/mol. The van der Waals surface area contributed by atoms with Crippen LogP contribution in [0.5, 0.6) is 0 Å². The summed E-state index contributed by atoms with van der Waals surface area (Å²) >= 11 is 0. The lowest BCUT2D eigenvalue weighted by atomic mass is 10.1. The molecule has 1 fully saturated rings. The number of hydrogen-bond acceptors (Lipinski definition) is 3. The molecule has 0 bridgehead atoms. The largest absolute Gasteiger partial charge is 0.371 e. The van der Waals surface area contributed by atoms with Crippen molar-refractivity contribution in [3.05, 3.63) is 59.4 Å². The molecule has 2 aromatic carbocycles. The van der Waals surface area contributed by atoms with Crippen molar-refractivity contribution in [2.45, 2.75) is 19.3 Å². The fourth-order valence-electron chi connectivity index (χ4n) is 3.02. The highest BCUT2D eigenvalue weighted by Gasteiger charge is 2.18. The molecular formula is C19H20FN3O2. The van der Waals surface area contributed by atoms with Gasteiger partial charge in [-0.3, -0.25) is 9.59 Å². The van der Waals surface area contributed by atoms with E-state index >= 15 is 0 Å². The molecule has 130 valence electrons. The van der Waals surface area contributed by atoms with Crippen LogP contribution < -0.4 is 16.0 Å². The Bertz CT molecular complexity index is 784. The van der Waals surface area contributed by atoms with Crippen LogP contribution in [0.3, 0.4) is 0 Å². The minimum Gasteiger partial charge on any atom is -0.371 e. The summed E-state index contributed by atoms with van der Waals surface area (Å²) in [5.41, 5.74) is 7.61. The molecule has 1 aliphatic rings. The molecular weight excluding hydrogens is 321 g/mol. The van der Waals surface area contributed by atoms with Gasteiger partial charge in [-0.1, -0.05) is 0 Å². The molecule has 3 N–H and O–H groups in total. The van der Waals surface area contributed by atoms with E-state index in [9.17, 15) is 14.0 Å². The van der Waals surface area contributed by atoms with Crippen molar-refractivity contribution in [1.82, 2.24) is 0 Å². The quantitative estimate of drug-likeness (QED) is 0.897. The van der Waals surface area contributed by atoms with Gasteiger partial charge in [0, 0.05) is 24.3 Å². The first kappa shape index (κ1) is 17.0. The highest BCUT2D eigenvalue weighted by Crippen LogP contribution is 2.27. The zero-order valence-corrected chi connectivity index (χ0v) is 13.8. The van der Waals surface area contributed by atoms with Crippen LogP contribution in [0.25, 0.3) is 0 Å². The van der Waals surface area contributed by atoms with Crippen LogP contribution >= 0.6 is 0 Å². The molecule has 3 rings (SSSR count). The van der Waals surface area contributed by atoms with E-state index in [1.807, 2.05) is 0 Å². The predicted molar refractivity (Wildman–Crippen MR) is 95.4 cm³/mol. The van der Waals surface area contributed by atoms with Crippen LogP contribution in [0.15, 0.2) is 42.5 Å². The zero-order chi connectivity index (χ0) is 17.8. The third-order valence-corrected chi connectivity index (χ3v) is 4.32. The number of hydrogen-bond donors (Lipinski definition) is 2. The summed E-state index contributed by atoms with van der Waals surface area (Å²) in [7, 11) is 0. The number of rotatable bonds is 4. The molecule has 0 atom stereocenters. The Labute approximate surface area is 145 Å². The SMILES string of the molecule is NC(=O)c1ccc(NC(=O)c2ccc(F)cc2)cc1N1CCCCC1. The number of halogens is 1. The fourth-order valence-corrected chi connectivity index (χ4v) is 3.02. The lowest BCUT2D eigenvalue weighted by Gasteiger charge is -2.30. The maximum absolute atomic E-state index is 13.0. The summed E-state index contributed by atoms with van der Waals surface area (Å²) in [6, 6.07) is 10.4. The molecule has 0 radical (unpaired) electrons. The van der Waals surface area contributed by atoms with Crippen molar-refractivity contribution in [3.63, 3.8) is 0 Å². The van der Waals surface area contributed by atoms with Crippen molar-refractivity contribution in [2.75, 3.05) is 23.3 Å². The third kappa shape index (κ3) is 3.96. The molecule has 1 heterocycles. The van der Waals surface area contributed by atoms with Crippen molar-refractivity contribution >= 4 is 23.2 Å².